The molecule has 108 valence electrons. The Balaban J connectivity index is 1.93. The summed E-state index contributed by atoms with van der Waals surface area (Å²) in [6, 6.07) is 8.95. The Kier molecular flexibility index (Phi) is 2.96. The van der Waals surface area contributed by atoms with E-state index in [1.54, 1.807) is 0 Å². The second kappa shape index (κ2) is 4.85. The highest BCUT2D eigenvalue weighted by Gasteiger charge is 2.51. The monoisotopic (exact) mass is 280 g/mol. The van der Waals surface area contributed by atoms with Gasteiger partial charge in [-0.25, -0.2) is 0 Å². The maximum atomic E-state index is 5.33. The second-order valence-corrected chi connectivity index (χ2v) is 5.97. The summed E-state index contributed by atoms with van der Waals surface area (Å²) in [7, 11) is 1.92. The largest absolute Gasteiger partial charge is 0.473 e. The molecule has 0 N–H and O–H groups in total. The molecule has 1 atom stereocenters. The lowest BCUT2D eigenvalue weighted by Crippen LogP contribution is -2.48. The second-order valence-electron chi connectivity index (χ2n) is 5.97. The van der Waals surface area contributed by atoms with Crippen LogP contribution in [0.1, 0.15) is 24.0 Å². The van der Waals surface area contributed by atoms with Crippen LogP contribution in [0.25, 0.3) is 0 Å². The lowest BCUT2D eigenvalue weighted by Gasteiger charge is -2.37. The van der Waals surface area contributed by atoms with Crippen molar-refractivity contribution in [3.63, 3.8) is 0 Å². The number of nitrogens with zero attached hydrogens (tertiary/aromatic N) is 2. The Morgan fingerprint density at radius 2 is 1.86 bits per heavy atom. The van der Waals surface area contributed by atoms with E-state index in [0.717, 1.165) is 13.1 Å². The molecule has 0 saturated carbocycles. The average Bonchev–Trinajstić information content (AvgIpc) is 3.14. The van der Waals surface area contributed by atoms with Gasteiger partial charge < -0.3 is 4.74 Å². The minimum absolute atomic E-state index is 0.131. The molecule has 1 spiro atoms. The summed E-state index contributed by atoms with van der Waals surface area (Å²) in [6.45, 7) is 2.31. The number of likely N-dealkylation sites (tertiary alicyclic amines) is 1. The number of hydrogen-bond donors (Lipinski definition) is 0. The minimum Gasteiger partial charge on any atom is -0.473 e. The third kappa shape index (κ3) is 1.74. The molecule has 1 aromatic carbocycles. The number of benzene rings is 1. The molecule has 1 aromatic rings. The van der Waals surface area contributed by atoms with Gasteiger partial charge in [-0.3, -0.25) is 9.89 Å². The van der Waals surface area contributed by atoms with Gasteiger partial charge >= 0.3 is 0 Å². The standard InChI is InChI=1S/C18H20N2O/c1-19-16-14-6-2-3-7-15(14)18(8-12-21-13-9-18)17(16)20-10-4-5-11-20/h2-3,6-9,12-13,17H,4-5,10-11H2,1H3. The first-order chi connectivity index (χ1) is 10.4. The Morgan fingerprint density at radius 3 is 2.57 bits per heavy atom. The van der Waals surface area contributed by atoms with E-state index in [0.29, 0.717) is 6.04 Å². The molecule has 3 aliphatic rings. The first-order valence-electron chi connectivity index (χ1n) is 7.68. The van der Waals surface area contributed by atoms with Crippen molar-refractivity contribution in [2.24, 2.45) is 4.99 Å². The summed E-state index contributed by atoms with van der Waals surface area (Å²) in [5.74, 6) is 0. The van der Waals surface area contributed by atoms with E-state index in [-0.39, 0.29) is 5.41 Å². The number of fused-ring (bicyclic) bond motifs is 2. The van der Waals surface area contributed by atoms with Crippen LogP contribution in [0, 0.1) is 0 Å². The number of ether oxygens (including phenoxy) is 1. The quantitative estimate of drug-likeness (QED) is 0.790. The highest BCUT2D eigenvalue weighted by atomic mass is 16.5. The van der Waals surface area contributed by atoms with Crippen LogP contribution < -0.4 is 0 Å². The third-order valence-corrected chi connectivity index (χ3v) is 4.97. The van der Waals surface area contributed by atoms with Crippen LogP contribution in [0.2, 0.25) is 0 Å². The highest BCUT2D eigenvalue weighted by Crippen LogP contribution is 2.46. The van der Waals surface area contributed by atoms with Crippen molar-refractivity contribution in [2.45, 2.75) is 24.3 Å². The van der Waals surface area contributed by atoms with Crippen molar-refractivity contribution in [2.75, 3.05) is 20.1 Å². The van der Waals surface area contributed by atoms with Gasteiger partial charge in [0.25, 0.3) is 0 Å². The summed E-state index contributed by atoms with van der Waals surface area (Å²) in [5.41, 5.74) is 3.71. The molecular formula is C18H20N2O. The van der Waals surface area contributed by atoms with Crippen LogP contribution >= 0.6 is 0 Å². The summed E-state index contributed by atoms with van der Waals surface area (Å²) >= 11 is 0. The fourth-order valence-electron chi connectivity index (χ4n) is 4.09. The Labute approximate surface area is 125 Å². The zero-order valence-electron chi connectivity index (χ0n) is 12.3. The fraction of sp³-hybridized carbons (Fsp3) is 0.389. The number of hydrogen-bond acceptors (Lipinski definition) is 3. The number of aliphatic imine (C=N–C) groups is 1. The SMILES string of the molecule is CN=C1c2ccccc2C2(C=COC=C2)C1N1CCCC1. The minimum atomic E-state index is -0.131. The first-order valence-corrected chi connectivity index (χ1v) is 7.68. The summed E-state index contributed by atoms with van der Waals surface area (Å²) in [4.78, 5) is 7.26. The van der Waals surface area contributed by atoms with Gasteiger partial charge in [0.15, 0.2) is 0 Å². The first kappa shape index (κ1) is 12.8. The van der Waals surface area contributed by atoms with Crippen molar-refractivity contribution >= 4 is 5.71 Å². The molecular weight excluding hydrogens is 260 g/mol. The fourth-order valence-corrected chi connectivity index (χ4v) is 4.09. The van der Waals surface area contributed by atoms with Crippen molar-refractivity contribution < 1.29 is 4.74 Å². The van der Waals surface area contributed by atoms with Crippen molar-refractivity contribution in [3.8, 4) is 0 Å². The van der Waals surface area contributed by atoms with E-state index in [2.05, 4.69) is 46.3 Å². The van der Waals surface area contributed by atoms with Gasteiger partial charge in [-0.05, 0) is 43.6 Å². The van der Waals surface area contributed by atoms with Gasteiger partial charge in [-0.1, -0.05) is 24.3 Å². The van der Waals surface area contributed by atoms with Crippen molar-refractivity contribution in [1.82, 2.24) is 4.90 Å². The van der Waals surface area contributed by atoms with Gasteiger partial charge in [-0.2, -0.15) is 0 Å². The molecule has 1 fully saturated rings. The highest BCUT2D eigenvalue weighted by molar-refractivity contribution is 6.11. The van der Waals surface area contributed by atoms with Gasteiger partial charge in [0, 0.05) is 12.6 Å². The zero-order valence-corrected chi connectivity index (χ0v) is 12.3. The summed E-state index contributed by atoms with van der Waals surface area (Å²) in [6.07, 6.45) is 10.6. The van der Waals surface area contributed by atoms with E-state index >= 15 is 0 Å². The normalized spacial score (nSPS) is 28.2. The van der Waals surface area contributed by atoms with E-state index in [1.807, 2.05) is 19.6 Å². The van der Waals surface area contributed by atoms with Crippen molar-refractivity contribution in [3.05, 3.63) is 60.1 Å². The molecule has 1 saturated heterocycles. The van der Waals surface area contributed by atoms with E-state index in [1.165, 1.54) is 29.7 Å². The van der Waals surface area contributed by atoms with Crippen LogP contribution in [0.5, 0.6) is 0 Å². The summed E-state index contributed by atoms with van der Waals surface area (Å²) < 4.78 is 5.33. The molecule has 1 unspecified atom stereocenters. The predicted molar refractivity (Wildman–Crippen MR) is 84.5 cm³/mol. The Morgan fingerprint density at radius 1 is 1.14 bits per heavy atom. The molecule has 0 amide bonds. The molecule has 0 bridgehead atoms. The van der Waals surface area contributed by atoms with E-state index in [4.69, 9.17) is 4.74 Å². The Hall–Kier alpha value is -1.87. The molecule has 0 radical (unpaired) electrons. The molecule has 0 aromatic heterocycles. The van der Waals surface area contributed by atoms with Gasteiger partial charge in [0.1, 0.15) is 0 Å². The lowest BCUT2D eigenvalue weighted by molar-refractivity contribution is 0.248. The maximum Gasteiger partial charge on any atom is 0.0874 e. The molecule has 2 heterocycles. The van der Waals surface area contributed by atoms with Crippen LogP contribution in [-0.2, 0) is 10.2 Å². The molecule has 21 heavy (non-hydrogen) atoms. The smallest absolute Gasteiger partial charge is 0.0874 e. The van der Waals surface area contributed by atoms with Gasteiger partial charge in [0.05, 0.1) is 29.7 Å². The maximum absolute atomic E-state index is 5.33. The van der Waals surface area contributed by atoms with Crippen LogP contribution in [0.15, 0.2) is 53.9 Å². The molecule has 2 aliphatic heterocycles. The van der Waals surface area contributed by atoms with Crippen LogP contribution in [-0.4, -0.2) is 36.8 Å². The van der Waals surface area contributed by atoms with E-state index in [9.17, 15) is 0 Å². The topological polar surface area (TPSA) is 24.8 Å². The predicted octanol–water partition coefficient (Wildman–Crippen LogP) is 2.88. The third-order valence-electron chi connectivity index (χ3n) is 4.97. The van der Waals surface area contributed by atoms with Crippen LogP contribution in [0.3, 0.4) is 0 Å². The van der Waals surface area contributed by atoms with Crippen LogP contribution in [0.4, 0.5) is 0 Å². The van der Waals surface area contributed by atoms with Gasteiger partial charge in [-0.15, -0.1) is 0 Å². The molecule has 3 nitrogen and oxygen atoms in total. The lowest BCUT2D eigenvalue weighted by atomic mass is 9.77. The average molecular weight is 280 g/mol. The molecule has 4 rings (SSSR count). The zero-order chi connectivity index (χ0) is 14.3. The molecule has 1 aliphatic carbocycles. The van der Waals surface area contributed by atoms with E-state index < -0.39 is 0 Å². The molecule has 3 heteroatoms. The van der Waals surface area contributed by atoms with Gasteiger partial charge in [0.2, 0.25) is 0 Å². The summed E-state index contributed by atoms with van der Waals surface area (Å²) in [5, 5.41) is 0. The van der Waals surface area contributed by atoms with Crippen molar-refractivity contribution in [1.29, 1.82) is 0 Å². The Bertz CT molecular complexity index is 626. The number of rotatable bonds is 1.